The van der Waals surface area contributed by atoms with Crippen LogP contribution in [0.2, 0.25) is 0 Å². The van der Waals surface area contributed by atoms with Crippen LogP contribution >= 0.6 is 11.3 Å². The summed E-state index contributed by atoms with van der Waals surface area (Å²) in [4.78, 5) is 32.5. The maximum Gasteiger partial charge on any atom is 0.263 e. The number of thiazole rings is 1. The van der Waals surface area contributed by atoms with Gasteiger partial charge in [0, 0.05) is 12.7 Å². The quantitative estimate of drug-likeness (QED) is 0.890. The molecule has 0 radical (unpaired) electrons. The van der Waals surface area contributed by atoms with Crippen molar-refractivity contribution in [1.82, 2.24) is 20.6 Å². The lowest BCUT2D eigenvalue weighted by Crippen LogP contribution is -2.39. The van der Waals surface area contributed by atoms with Crippen molar-refractivity contribution in [2.24, 2.45) is 0 Å². The third-order valence-corrected chi connectivity index (χ3v) is 4.24. The van der Waals surface area contributed by atoms with Gasteiger partial charge < -0.3 is 10.6 Å². The highest BCUT2D eigenvalue weighted by Crippen LogP contribution is 2.24. The van der Waals surface area contributed by atoms with Gasteiger partial charge in [-0.1, -0.05) is 0 Å². The Morgan fingerprint density at radius 2 is 2.33 bits per heavy atom. The molecule has 2 aromatic rings. The molecule has 1 atom stereocenters. The van der Waals surface area contributed by atoms with Crippen LogP contribution in [0.5, 0.6) is 0 Å². The molecular weight excluding hydrogens is 288 g/mol. The van der Waals surface area contributed by atoms with Crippen molar-refractivity contribution in [3.05, 3.63) is 35.0 Å². The van der Waals surface area contributed by atoms with Crippen LogP contribution in [-0.2, 0) is 4.79 Å². The van der Waals surface area contributed by atoms with Gasteiger partial charge in [0.15, 0.2) is 0 Å². The molecule has 6 nitrogen and oxygen atoms in total. The summed E-state index contributed by atoms with van der Waals surface area (Å²) in [6, 6.07) is 3.38. The number of carbonyl (C=O) groups is 2. The van der Waals surface area contributed by atoms with Crippen molar-refractivity contribution < 1.29 is 9.59 Å². The van der Waals surface area contributed by atoms with Crippen molar-refractivity contribution in [2.45, 2.75) is 19.4 Å². The molecular formula is C14H14N4O2S. The third-order valence-electron chi connectivity index (χ3n) is 3.22. The molecule has 0 spiro atoms. The molecule has 1 fully saturated rings. The fourth-order valence-corrected chi connectivity index (χ4v) is 2.90. The Kier molecular flexibility index (Phi) is 3.66. The van der Waals surface area contributed by atoms with Crippen LogP contribution in [-0.4, -0.2) is 34.4 Å². The molecule has 108 valence electrons. The van der Waals surface area contributed by atoms with Gasteiger partial charge in [0.2, 0.25) is 5.91 Å². The molecule has 2 aromatic heterocycles. The lowest BCUT2D eigenvalue weighted by molar-refractivity contribution is -0.120. The highest BCUT2D eigenvalue weighted by molar-refractivity contribution is 7.16. The summed E-state index contributed by atoms with van der Waals surface area (Å²) in [6.45, 7) is 2.58. The average molecular weight is 302 g/mol. The molecule has 0 aromatic carbocycles. The molecule has 0 bridgehead atoms. The summed E-state index contributed by atoms with van der Waals surface area (Å²) in [7, 11) is 0. The highest BCUT2D eigenvalue weighted by Gasteiger charge is 2.26. The molecule has 3 heterocycles. The van der Waals surface area contributed by atoms with Crippen LogP contribution in [0.3, 0.4) is 0 Å². The van der Waals surface area contributed by atoms with Crippen LogP contribution in [0.4, 0.5) is 0 Å². The van der Waals surface area contributed by atoms with E-state index in [9.17, 15) is 9.59 Å². The molecule has 1 aliphatic heterocycles. The highest BCUT2D eigenvalue weighted by atomic mass is 32.1. The van der Waals surface area contributed by atoms with Crippen LogP contribution in [0.25, 0.3) is 10.7 Å². The second-order valence-corrected chi connectivity index (χ2v) is 5.88. The van der Waals surface area contributed by atoms with Crippen molar-refractivity contribution in [3.8, 4) is 10.7 Å². The van der Waals surface area contributed by atoms with Gasteiger partial charge in [-0.25, -0.2) is 4.98 Å². The molecule has 1 saturated heterocycles. The van der Waals surface area contributed by atoms with Crippen molar-refractivity contribution in [1.29, 1.82) is 0 Å². The number of nitrogens with zero attached hydrogens (tertiary/aromatic N) is 2. The van der Waals surface area contributed by atoms with E-state index in [1.54, 1.807) is 6.20 Å². The number of amides is 2. The summed E-state index contributed by atoms with van der Waals surface area (Å²) in [5.74, 6) is -0.401. The predicted octanol–water partition coefficient (Wildman–Crippen LogP) is 1.13. The number of nitrogens with one attached hydrogen (secondary N) is 2. The van der Waals surface area contributed by atoms with Gasteiger partial charge in [-0.3, -0.25) is 14.6 Å². The van der Waals surface area contributed by atoms with E-state index in [0.29, 0.717) is 22.9 Å². The predicted molar refractivity (Wildman–Crippen MR) is 79.0 cm³/mol. The summed E-state index contributed by atoms with van der Waals surface area (Å²) in [6.07, 6.45) is 3.86. The number of carbonyl (C=O) groups excluding carboxylic acids is 2. The number of hydrogen-bond acceptors (Lipinski definition) is 5. The van der Waals surface area contributed by atoms with Gasteiger partial charge in [-0.15, -0.1) is 11.3 Å². The van der Waals surface area contributed by atoms with E-state index in [0.717, 1.165) is 11.3 Å². The standard InChI is InChI=1S/C14H14N4O2S/c1-8-2-4-15-10(6-8)14-17-7-11(21-14)13(20)18-9-3-5-16-12(9)19/h2,4,6-7,9H,3,5H2,1H3,(H,16,19)(H,18,20). The second kappa shape index (κ2) is 5.61. The fourth-order valence-electron chi connectivity index (χ4n) is 2.11. The van der Waals surface area contributed by atoms with Crippen molar-refractivity contribution in [3.63, 3.8) is 0 Å². The molecule has 0 saturated carbocycles. The van der Waals surface area contributed by atoms with Crippen molar-refractivity contribution >= 4 is 23.2 Å². The molecule has 2 amide bonds. The molecule has 21 heavy (non-hydrogen) atoms. The van der Waals surface area contributed by atoms with E-state index in [-0.39, 0.29) is 11.8 Å². The zero-order valence-electron chi connectivity index (χ0n) is 11.4. The first kappa shape index (κ1) is 13.7. The van der Waals surface area contributed by atoms with E-state index < -0.39 is 6.04 Å². The smallest absolute Gasteiger partial charge is 0.263 e. The summed E-state index contributed by atoms with van der Waals surface area (Å²) in [5.41, 5.74) is 1.83. The first-order valence-corrected chi connectivity index (χ1v) is 7.42. The van der Waals surface area contributed by atoms with Crippen LogP contribution < -0.4 is 10.6 Å². The Labute approximate surface area is 125 Å². The zero-order valence-corrected chi connectivity index (χ0v) is 12.2. The van der Waals surface area contributed by atoms with E-state index in [2.05, 4.69) is 20.6 Å². The SMILES string of the molecule is Cc1ccnc(-c2ncc(C(=O)NC3CCNC3=O)s2)c1. The summed E-state index contributed by atoms with van der Waals surface area (Å²) >= 11 is 1.27. The Balaban J connectivity index is 1.75. The maximum absolute atomic E-state index is 12.1. The molecule has 0 aliphatic carbocycles. The molecule has 1 unspecified atom stereocenters. The van der Waals surface area contributed by atoms with Gasteiger partial charge in [-0.2, -0.15) is 0 Å². The van der Waals surface area contributed by atoms with E-state index in [4.69, 9.17) is 0 Å². The van der Waals surface area contributed by atoms with Gasteiger partial charge >= 0.3 is 0 Å². The Hall–Kier alpha value is -2.28. The number of rotatable bonds is 3. The third kappa shape index (κ3) is 2.92. The minimum atomic E-state index is -0.444. The largest absolute Gasteiger partial charge is 0.354 e. The maximum atomic E-state index is 12.1. The topological polar surface area (TPSA) is 84.0 Å². The van der Waals surface area contributed by atoms with Crippen molar-refractivity contribution in [2.75, 3.05) is 6.54 Å². The van der Waals surface area contributed by atoms with Crippen LogP contribution in [0, 0.1) is 6.92 Å². The Morgan fingerprint density at radius 1 is 1.48 bits per heavy atom. The summed E-state index contributed by atoms with van der Waals surface area (Å²) in [5, 5.41) is 6.10. The Bertz CT molecular complexity index is 698. The summed E-state index contributed by atoms with van der Waals surface area (Å²) < 4.78 is 0. The first-order chi connectivity index (χ1) is 10.1. The van der Waals surface area contributed by atoms with E-state index in [1.165, 1.54) is 17.5 Å². The molecule has 1 aliphatic rings. The normalized spacial score (nSPS) is 17.6. The van der Waals surface area contributed by atoms with Crippen LogP contribution in [0.15, 0.2) is 24.5 Å². The number of pyridine rings is 1. The van der Waals surface area contributed by atoms with E-state index in [1.807, 2.05) is 19.1 Å². The molecule has 2 N–H and O–H groups in total. The minimum Gasteiger partial charge on any atom is -0.354 e. The lowest BCUT2D eigenvalue weighted by Gasteiger charge is -2.07. The number of hydrogen-bond donors (Lipinski definition) is 2. The van der Waals surface area contributed by atoms with Gasteiger partial charge in [-0.05, 0) is 31.0 Å². The average Bonchev–Trinajstić information content (AvgIpc) is 3.09. The monoisotopic (exact) mass is 302 g/mol. The zero-order chi connectivity index (χ0) is 14.8. The van der Waals surface area contributed by atoms with Gasteiger partial charge in [0.25, 0.3) is 5.91 Å². The van der Waals surface area contributed by atoms with Crippen LogP contribution in [0.1, 0.15) is 21.7 Å². The lowest BCUT2D eigenvalue weighted by atomic mass is 10.2. The van der Waals surface area contributed by atoms with Gasteiger partial charge in [0.1, 0.15) is 15.9 Å². The van der Waals surface area contributed by atoms with Gasteiger partial charge in [0.05, 0.1) is 11.9 Å². The number of aromatic nitrogens is 2. The second-order valence-electron chi connectivity index (χ2n) is 4.85. The molecule has 7 heteroatoms. The Morgan fingerprint density at radius 3 is 3.05 bits per heavy atom. The fraction of sp³-hybridized carbons (Fsp3) is 0.286. The minimum absolute atomic E-state index is 0.131. The van der Waals surface area contributed by atoms with E-state index >= 15 is 0 Å². The number of aryl methyl sites for hydroxylation is 1. The molecule has 3 rings (SSSR count). The first-order valence-electron chi connectivity index (χ1n) is 6.61.